The Hall–Kier alpha value is -2.06. The number of aliphatic hydroxyl groups excluding tert-OH is 1. The fourth-order valence-electron chi connectivity index (χ4n) is 7.45. The molecule has 3 unspecified atom stereocenters. The van der Waals surface area contributed by atoms with Crippen molar-refractivity contribution in [1.29, 1.82) is 0 Å². The zero-order valence-electron chi connectivity index (χ0n) is 42.9. The largest absolute Gasteiger partial charge is 0.756 e. The molecule has 1 amide bonds. The summed E-state index contributed by atoms with van der Waals surface area (Å²) in [6.07, 6.45) is 63.9. The third kappa shape index (κ3) is 49.7. The molecule has 0 aliphatic carbocycles. The van der Waals surface area contributed by atoms with Crippen LogP contribution >= 0.6 is 7.82 Å². The molecule has 0 radical (unpaired) electrons. The summed E-state index contributed by atoms with van der Waals surface area (Å²) in [5.41, 5.74) is 0. The van der Waals surface area contributed by atoms with Gasteiger partial charge in [0, 0.05) is 6.42 Å². The Balaban J connectivity index is 4.35. The van der Waals surface area contributed by atoms with Gasteiger partial charge < -0.3 is 28.8 Å². The van der Waals surface area contributed by atoms with E-state index in [1.165, 1.54) is 128 Å². The molecule has 0 aromatic carbocycles. The highest BCUT2D eigenvalue weighted by Crippen LogP contribution is 2.38. The predicted octanol–water partition coefficient (Wildman–Crippen LogP) is 15.3. The van der Waals surface area contributed by atoms with E-state index in [0.29, 0.717) is 17.4 Å². The van der Waals surface area contributed by atoms with Crippen molar-refractivity contribution >= 4 is 13.7 Å². The van der Waals surface area contributed by atoms with E-state index in [9.17, 15) is 19.4 Å². The van der Waals surface area contributed by atoms with Gasteiger partial charge >= 0.3 is 0 Å². The number of carbonyl (C=O) groups excluding carboxylic acids is 1. The monoisotopic (exact) mass is 931 g/mol. The normalized spacial score (nSPS) is 14.6. The third-order valence-electron chi connectivity index (χ3n) is 11.7. The van der Waals surface area contributed by atoms with Crippen LogP contribution in [0.2, 0.25) is 0 Å². The van der Waals surface area contributed by atoms with Gasteiger partial charge in [0.25, 0.3) is 7.82 Å². The summed E-state index contributed by atoms with van der Waals surface area (Å²) in [5.74, 6) is -0.217. The van der Waals surface area contributed by atoms with Gasteiger partial charge in [-0.05, 0) is 70.6 Å². The minimum Gasteiger partial charge on any atom is -0.756 e. The van der Waals surface area contributed by atoms with Crippen LogP contribution in [0.3, 0.4) is 0 Å². The fraction of sp³-hybridized carbons (Fsp3) is 0.768. The second-order valence-electron chi connectivity index (χ2n) is 19.2. The number of allylic oxidation sites excluding steroid dienone is 11. The smallest absolute Gasteiger partial charge is 0.268 e. The molecule has 8 nitrogen and oxygen atoms in total. The number of carbonyl (C=O) groups is 1. The lowest BCUT2D eigenvalue weighted by atomic mass is 10.0. The number of amides is 1. The maximum atomic E-state index is 12.9. The number of phosphoric acid groups is 1. The lowest BCUT2D eigenvalue weighted by Crippen LogP contribution is -2.45. The topological polar surface area (TPSA) is 108 Å². The van der Waals surface area contributed by atoms with Gasteiger partial charge in [-0.15, -0.1) is 0 Å². The Morgan fingerprint density at radius 2 is 0.954 bits per heavy atom. The summed E-state index contributed by atoms with van der Waals surface area (Å²) in [6, 6.07) is -0.912. The van der Waals surface area contributed by atoms with Crippen molar-refractivity contribution in [3.8, 4) is 0 Å². The first-order valence-corrected chi connectivity index (χ1v) is 28.3. The van der Waals surface area contributed by atoms with Gasteiger partial charge in [-0.1, -0.05) is 222 Å². The van der Waals surface area contributed by atoms with Crippen LogP contribution in [0.15, 0.2) is 72.9 Å². The number of likely N-dealkylation sites (N-methyl/N-ethyl adjacent to an activating group) is 1. The number of hydrogen-bond donors (Lipinski definition) is 2. The molecule has 65 heavy (non-hydrogen) atoms. The second kappa shape index (κ2) is 47.0. The summed E-state index contributed by atoms with van der Waals surface area (Å²) in [7, 11) is 1.23. The summed E-state index contributed by atoms with van der Waals surface area (Å²) >= 11 is 0. The van der Waals surface area contributed by atoms with E-state index in [2.05, 4.69) is 79.9 Å². The van der Waals surface area contributed by atoms with E-state index in [-0.39, 0.29) is 12.5 Å². The summed E-state index contributed by atoms with van der Waals surface area (Å²) in [5, 5.41) is 13.8. The van der Waals surface area contributed by atoms with Gasteiger partial charge in [-0.3, -0.25) is 9.36 Å². The van der Waals surface area contributed by atoms with Crippen molar-refractivity contribution in [3.63, 3.8) is 0 Å². The Bertz CT molecular complexity index is 1290. The number of rotatable bonds is 48. The van der Waals surface area contributed by atoms with Crippen LogP contribution in [0.4, 0.5) is 0 Å². The molecule has 0 heterocycles. The molecule has 0 aliphatic rings. The molecule has 0 saturated carbocycles. The van der Waals surface area contributed by atoms with Crippen LogP contribution in [-0.2, 0) is 18.4 Å². The Kier molecular flexibility index (Phi) is 45.5. The molecule has 0 spiro atoms. The summed E-state index contributed by atoms with van der Waals surface area (Å²) < 4.78 is 23.3. The first-order valence-electron chi connectivity index (χ1n) is 26.8. The Morgan fingerprint density at radius 3 is 1.43 bits per heavy atom. The molecule has 0 fully saturated rings. The fourth-order valence-corrected chi connectivity index (χ4v) is 8.18. The maximum Gasteiger partial charge on any atom is 0.268 e. The highest BCUT2D eigenvalue weighted by molar-refractivity contribution is 7.45. The molecule has 0 rings (SSSR count). The van der Waals surface area contributed by atoms with Crippen LogP contribution in [-0.4, -0.2) is 68.5 Å². The minimum atomic E-state index is -4.61. The zero-order valence-corrected chi connectivity index (χ0v) is 43.8. The Morgan fingerprint density at radius 1 is 0.554 bits per heavy atom. The first kappa shape index (κ1) is 62.9. The van der Waals surface area contributed by atoms with E-state index < -0.39 is 26.6 Å². The van der Waals surface area contributed by atoms with E-state index in [4.69, 9.17) is 9.05 Å². The lowest BCUT2D eigenvalue weighted by molar-refractivity contribution is -0.870. The first-order chi connectivity index (χ1) is 31.5. The molecule has 0 aromatic heterocycles. The van der Waals surface area contributed by atoms with E-state index in [1.807, 2.05) is 27.2 Å². The highest BCUT2D eigenvalue weighted by atomic mass is 31.2. The van der Waals surface area contributed by atoms with Crippen LogP contribution in [0.1, 0.15) is 226 Å². The van der Waals surface area contributed by atoms with Gasteiger partial charge in [0.2, 0.25) is 5.91 Å². The second-order valence-corrected chi connectivity index (χ2v) is 20.6. The van der Waals surface area contributed by atoms with Gasteiger partial charge in [0.15, 0.2) is 0 Å². The molecule has 2 N–H and O–H groups in total. The average molecular weight is 931 g/mol. The highest BCUT2D eigenvalue weighted by Gasteiger charge is 2.23. The molecule has 0 aliphatic heterocycles. The number of nitrogens with one attached hydrogen (secondary N) is 1. The van der Waals surface area contributed by atoms with Crippen LogP contribution in [0.25, 0.3) is 0 Å². The number of aliphatic hydroxyl groups is 1. The zero-order chi connectivity index (χ0) is 47.8. The SMILES string of the molecule is CC/C=C\C/C=C\C/C=C\C/C=C\CCCCCCCCCCC(=O)NC(COP(=O)([O-])OCC[N+](C)(C)C)C(O)/C=C/CC/C=C/CCCCCCCCCCCCCCCCCC. The van der Waals surface area contributed by atoms with Crippen molar-refractivity contribution in [3.05, 3.63) is 72.9 Å². The number of unbranched alkanes of at least 4 members (excludes halogenated alkanes) is 25. The quantitative estimate of drug-likeness (QED) is 0.0272. The van der Waals surface area contributed by atoms with E-state index in [0.717, 1.165) is 77.0 Å². The number of hydrogen-bond acceptors (Lipinski definition) is 6. The number of phosphoric ester groups is 1. The molecule has 3 atom stereocenters. The maximum absolute atomic E-state index is 12.9. The molecule has 0 bridgehead atoms. The van der Waals surface area contributed by atoms with Crippen molar-refractivity contribution in [2.24, 2.45) is 0 Å². The summed E-state index contributed by atoms with van der Waals surface area (Å²) in [6.45, 7) is 4.52. The molecular formula is C56H103N2O6P. The van der Waals surface area contributed by atoms with Crippen molar-refractivity contribution in [1.82, 2.24) is 5.32 Å². The molecule has 378 valence electrons. The summed E-state index contributed by atoms with van der Waals surface area (Å²) in [4.78, 5) is 25.4. The third-order valence-corrected chi connectivity index (χ3v) is 12.6. The van der Waals surface area contributed by atoms with Gasteiger partial charge in [-0.2, -0.15) is 0 Å². The van der Waals surface area contributed by atoms with Crippen LogP contribution in [0, 0.1) is 0 Å². The van der Waals surface area contributed by atoms with Crippen LogP contribution < -0.4 is 10.2 Å². The van der Waals surface area contributed by atoms with Crippen LogP contribution in [0.5, 0.6) is 0 Å². The van der Waals surface area contributed by atoms with Crippen molar-refractivity contribution < 1.29 is 32.9 Å². The molecule has 0 saturated heterocycles. The van der Waals surface area contributed by atoms with Crippen molar-refractivity contribution in [2.75, 3.05) is 40.9 Å². The van der Waals surface area contributed by atoms with Crippen molar-refractivity contribution in [2.45, 2.75) is 238 Å². The predicted molar refractivity (Wildman–Crippen MR) is 279 cm³/mol. The van der Waals surface area contributed by atoms with Gasteiger partial charge in [0.1, 0.15) is 13.2 Å². The number of nitrogens with zero attached hydrogens (tertiary/aromatic N) is 1. The lowest BCUT2D eigenvalue weighted by Gasteiger charge is -2.29. The molecule has 0 aromatic rings. The molecule has 9 heteroatoms. The minimum absolute atomic E-state index is 0.0111. The van der Waals surface area contributed by atoms with E-state index >= 15 is 0 Å². The van der Waals surface area contributed by atoms with E-state index in [1.54, 1.807) is 6.08 Å². The van der Waals surface area contributed by atoms with Gasteiger partial charge in [0.05, 0.1) is 39.9 Å². The number of quaternary nitrogens is 1. The average Bonchev–Trinajstić information content (AvgIpc) is 3.26. The standard InChI is InChI=1S/C56H103N2O6P/c1-6-8-10-12-14-16-18-20-22-24-26-28-30-31-33-35-37-39-41-43-45-47-49-55(59)54(53-64-65(61,62)63-52-51-58(3,4)5)57-56(60)50-48-46-44-42-40-38-36-34-32-29-27-25-23-21-19-17-15-13-11-9-7-2/h9,11,15,17,21,23,27,29,39,41,47,49,54-55,59H,6-8,10,12-14,16,18-20,22,24-26,28,30-38,40,42-46,48,50-53H2,1-5H3,(H-,57,60,61,62)/b11-9-,17-15-,23-21-,29-27-,41-39+,49-47+. The van der Waals surface area contributed by atoms with Gasteiger partial charge in [-0.25, -0.2) is 0 Å². The Labute approximate surface area is 402 Å². The molecular weight excluding hydrogens is 828 g/mol.